The fourth-order valence-corrected chi connectivity index (χ4v) is 2.58. The highest BCUT2D eigenvalue weighted by Gasteiger charge is 2.37. The van der Waals surface area contributed by atoms with E-state index in [4.69, 9.17) is 14.4 Å². The Morgan fingerprint density at radius 3 is 2.29 bits per heavy atom. The second kappa shape index (κ2) is 6.59. The van der Waals surface area contributed by atoms with E-state index in [1.807, 2.05) is 6.07 Å². The Kier molecular flexibility index (Phi) is 5.54. The number of rotatable bonds is 5. The second-order valence-corrected chi connectivity index (χ2v) is 11.5. The molecule has 5 heteroatoms. The monoisotopic (exact) mass is 309 g/mol. The summed E-state index contributed by atoms with van der Waals surface area (Å²) < 4.78 is 25.6. The molecule has 0 bridgehead atoms. The summed E-state index contributed by atoms with van der Waals surface area (Å²) in [6, 6.07) is 5.18. The molecule has 0 amide bonds. The number of halogens is 1. The van der Waals surface area contributed by atoms with Crippen molar-refractivity contribution in [3.63, 3.8) is 0 Å². The molecule has 0 saturated heterocycles. The van der Waals surface area contributed by atoms with Crippen molar-refractivity contribution in [2.45, 2.75) is 51.9 Å². The standard InChI is InChI=1S/C16H24FNO2Si/c1-16(2,3)21(5,6)20-11-13-10-14(19-4)9-12(7-8-18)15(13)17/h9-10H,7,11H2,1-6H3. The molecule has 0 aliphatic heterocycles. The van der Waals surface area contributed by atoms with E-state index in [1.54, 1.807) is 12.1 Å². The highest BCUT2D eigenvalue weighted by molar-refractivity contribution is 6.74. The number of nitriles is 1. The first-order valence-corrected chi connectivity index (χ1v) is 9.89. The normalized spacial score (nSPS) is 12.1. The predicted molar refractivity (Wildman–Crippen MR) is 84.3 cm³/mol. The van der Waals surface area contributed by atoms with Crippen molar-refractivity contribution in [3.05, 3.63) is 29.1 Å². The van der Waals surface area contributed by atoms with Gasteiger partial charge in [-0.05, 0) is 30.3 Å². The summed E-state index contributed by atoms with van der Waals surface area (Å²) in [6.45, 7) is 10.9. The van der Waals surface area contributed by atoms with Gasteiger partial charge in [-0.2, -0.15) is 5.26 Å². The SMILES string of the molecule is COc1cc(CC#N)c(F)c(CO[Si](C)(C)C(C)(C)C)c1. The van der Waals surface area contributed by atoms with Crippen molar-refractivity contribution >= 4 is 8.32 Å². The minimum atomic E-state index is -1.95. The Hall–Kier alpha value is -1.38. The van der Waals surface area contributed by atoms with E-state index in [2.05, 4.69) is 33.9 Å². The number of benzene rings is 1. The predicted octanol–water partition coefficient (Wildman–Crippen LogP) is 4.42. The van der Waals surface area contributed by atoms with Gasteiger partial charge < -0.3 is 9.16 Å². The second-order valence-electron chi connectivity index (χ2n) is 6.64. The molecule has 116 valence electrons. The van der Waals surface area contributed by atoms with Gasteiger partial charge in [-0.1, -0.05) is 20.8 Å². The molecule has 1 aromatic rings. The number of hydrogen-bond acceptors (Lipinski definition) is 3. The van der Waals surface area contributed by atoms with Crippen LogP contribution in [0.15, 0.2) is 12.1 Å². The number of nitrogens with zero attached hydrogens (tertiary/aromatic N) is 1. The molecule has 21 heavy (non-hydrogen) atoms. The van der Waals surface area contributed by atoms with E-state index in [0.717, 1.165) is 0 Å². The maximum Gasteiger partial charge on any atom is 0.192 e. The summed E-state index contributed by atoms with van der Waals surface area (Å²) in [6.07, 6.45) is 0.0239. The number of methoxy groups -OCH3 is 1. The van der Waals surface area contributed by atoms with Crippen LogP contribution in [0, 0.1) is 17.1 Å². The molecule has 3 nitrogen and oxygen atoms in total. The molecule has 0 N–H and O–H groups in total. The van der Waals surface area contributed by atoms with E-state index >= 15 is 0 Å². The first-order valence-electron chi connectivity index (χ1n) is 6.98. The quantitative estimate of drug-likeness (QED) is 0.756. The van der Waals surface area contributed by atoms with Gasteiger partial charge in [0.2, 0.25) is 0 Å². The average molecular weight is 309 g/mol. The minimum absolute atomic E-state index is 0.0239. The van der Waals surface area contributed by atoms with Gasteiger partial charge in [0, 0.05) is 11.1 Å². The minimum Gasteiger partial charge on any atom is -0.497 e. The Morgan fingerprint density at radius 1 is 1.24 bits per heavy atom. The first kappa shape index (κ1) is 17.7. The Morgan fingerprint density at radius 2 is 1.81 bits per heavy atom. The van der Waals surface area contributed by atoms with Crippen molar-refractivity contribution < 1.29 is 13.6 Å². The molecule has 1 aromatic carbocycles. The third-order valence-corrected chi connectivity index (χ3v) is 8.58. The molecule has 0 fully saturated rings. The maximum absolute atomic E-state index is 14.4. The first-order chi connectivity index (χ1) is 9.62. The molecule has 0 aliphatic rings. The third-order valence-electron chi connectivity index (χ3n) is 4.10. The fraction of sp³-hybridized carbons (Fsp3) is 0.562. The van der Waals surface area contributed by atoms with Crippen molar-refractivity contribution in [1.29, 1.82) is 5.26 Å². The van der Waals surface area contributed by atoms with Crippen LogP contribution in [-0.4, -0.2) is 15.4 Å². The van der Waals surface area contributed by atoms with Crippen LogP contribution in [0.2, 0.25) is 18.1 Å². The van der Waals surface area contributed by atoms with Crippen LogP contribution in [0.25, 0.3) is 0 Å². The molecule has 0 atom stereocenters. The molecular formula is C16H24FNO2Si. The highest BCUT2D eigenvalue weighted by Crippen LogP contribution is 2.37. The van der Waals surface area contributed by atoms with E-state index < -0.39 is 8.32 Å². The van der Waals surface area contributed by atoms with Crippen molar-refractivity contribution in [3.8, 4) is 11.8 Å². The lowest BCUT2D eigenvalue weighted by atomic mass is 10.1. The van der Waals surface area contributed by atoms with Gasteiger partial charge in [0.1, 0.15) is 11.6 Å². The molecule has 0 heterocycles. The molecular weight excluding hydrogens is 285 g/mol. The number of hydrogen-bond donors (Lipinski definition) is 0. The molecule has 0 radical (unpaired) electrons. The van der Waals surface area contributed by atoms with E-state index in [-0.39, 0.29) is 23.9 Å². The molecule has 0 aromatic heterocycles. The van der Waals surface area contributed by atoms with Gasteiger partial charge in [-0.15, -0.1) is 0 Å². The summed E-state index contributed by atoms with van der Waals surface area (Å²) in [7, 11) is -0.417. The largest absolute Gasteiger partial charge is 0.497 e. The zero-order valence-corrected chi connectivity index (χ0v) is 14.7. The highest BCUT2D eigenvalue weighted by atomic mass is 28.4. The van der Waals surface area contributed by atoms with Crippen LogP contribution >= 0.6 is 0 Å². The lowest BCUT2D eigenvalue weighted by molar-refractivity contribution is 0.270. The van der Waals surface area contributed by atoms with E-state index in [1.165, 1.54) is 7.11 Å². The molecule has 0 spiro atoms. The summed E-state index contributed by atoms with van der Waals surface area (Å²) >= 11 is 0. The smallest absolute Gasteiger partial charge is 0.192 e. The zero-order chi connectivity index (χ0) is 16.3. The Bertz CT molecular complexity index is 544. The van der Waals surface area contributed by atoms with Gasteiger partial charge in [0.15, 0.2) is 8.32 Å². The van der Waals surface area contributed by atoms with Gasteiger partial charge in [-0.3, -0.25) is 0 Å². The molecule has 1 rings (SSSR count). The summed E-state index contributed by atoms with van der Waals surface area (Å²) in [5.41, 5.74) is 0.801. The van der Waals surface area contributed by atoms with Crippen molar-refractivity contribution in [1.82, 2.24) is 0 Å². The summed E-state index contributed by atoms with van der Waals surface area (Å²) in [5, 5.41) is 8.85. The fourth-order valence-electron chi connectivity index (χ4n) is 1.63. The van der Waals surface area contributed by atoms with Crippen LogP contribution in [-0.2, 0) is 17.5 Å². The summed E-state index contributed by atoms with van der Waals surface area (Å²) in [4.78, 5) is 0. The van der Waals surface area contributed by atoms with Crippen LogP contribution in [0.5, 0.6) is 5.75 Å². The van der Waals surface area contributed by atoms with Crippen LogP contribution < -0.4 is 4.74 Å². The van der Waals surface area contributed by atoms with E-state index in [9.17, 15) is 4.39 Å². The Labute approximate surface area is 127 Å². The van der Waals surface area contributed by atoms with Crippen molar-refractivity contribution in [2.75, 3.05) is 7.11 Å². The average Bonchev–Trinajstić information content (AvgIpc) is 2.38. The van der Waals surface area contributed by atoms with E-state index in [0.29, 0.717) is 16.9 Å². The lowest BCUT2D eigenvalue weighted by Gasteiger charge is -2.36. The van der Waals surface area contributed by atoms with Gasteiger partial charge in [0.05, 0.1) is 26.2 Å². The van der Waals surface area contributed by atoms with Gasteiger partial charge in [-0.25, -0.2) is 4.39 Å². The Balaban J connectivity index is 3.03. The number of ether oxygens (including phenoxy) is 1. The van der Waals surface area contributed by atoms with Crippen LogP contribution in [0.3, 0.4) is 0 Å². The third kappa shape index (κ3) is 4.29. The van der Waals surface area contributed by atoms with Crippen LogP contribution in [0.4, 0.5) is 4.39 Å². The topological polar surface area (TPSA) is 42.2 Å². The van der Waals surface area contributed by atoms with Crippen molar-refractivity contribution in [2.24, 2.45) is 0 Å². The lowest BCUT2D eigenvalue weighted by Crippen LogP contribution is -2.40. The van der Waals surface area contributed by atoms with Gasteiger partial charge in [0.25, 0.3) is 0 Å². The molecule has 0 aliphatic carbocycles. The van der Waals surface area contributed by atoms with Gasteiger partial charge >= 0.3 is 0 Å². The summed E-state index contributed by atoms with van der Waals surface area (Å²) in [5.74, 6) is 0.187. The molecule has 0 unspecified atom stereocenters. The molecule has 0 saturated carbocycles. The zero-order valence-electron chi connectivity index (χ0n) is 13.7. The van der Waals surface area contributed by atoms with Crippen LogP contribution in [0.1, 0.15) is 31.9 Å². The maximum atomic E-state index is 14.4.